The van der Waals surface area contributed by atoms with Gasteiger partial charge in [0, 0.05) is 26.1 Å². The average Bonchev–Trinajstić information content (AvgIpc) is 3.16. The van der Waals surface area contributed by atoms with Crippen LogP contribution in [0.15, 0.2) is 53.6 Å². The van der Waals surface area contributed by atoms with Gasteiger partial charge in [0.2, 0.25) is 0 Å². The van der Waals surface area contributed by atoms with Crippen LogP contribution in [0.2, 0.25) is 25.7 Å². The number of nitrogens with zero attached hydrogens (tertiary/aromatic N) is 5. The van der Waals surface area contributed by atoms with Crippen molar-refractivity contribution in [2.45, 2.75) is 52.0 Å². The van der Waals surface area contributed by atoms with Gasteiger partial charge in [0.25, 0.3) is 0 Å². The van der Waals surface area contributed by atoms with Crippen LogP contribution >= 0.6 is 0 Å². The number of rotatable bonds is 12. The predicted octanol–water partition coefficient (Wildman–Crippen LogP) is 5.63. The molecule has 0 spiro atoms. The first kappa shape index (κ1) is 25.3. The number of hydrogen-bond donors (Lipinski definition) is 1. The van der Waals surface area contributed by atoms with Crippen LogP contribution in [0.4, 0.5) is 4.79 Å². The fraction of sp³-hybridized carbons (Fsp3) is 0.417. The maximum Gasteiger partial charge on any atom is 0.407 e. The number of alkyl carbamates (subject to hydrolysis) is 1. The van der Waals surface area contributed by atoms with Crippen LogP contribution in [-0.4, -0.2) is 36.9 Å². The van der Waals surface area contributed by atoms with Crippen LogP contribution in [-0.2, 0) is 35.8 Å². The van der Waals surface area contributed by atoms with Crippen molar-refractivity contribution in [3.63, 3.8) is 0 Å². The third-order valence-corrected chi connectivity index (χ3v) is 6.98. The number of hydrogen-bond acceptors (Lipinski definition) is 5. The Kier molecular flexibility index (Phi) is 9.09. The first-order valence-corrected chi connectivity index (χ1v) is 15.1. The Labute approximate surface area is 200 Å². The highest BCUT2D eigenvalue weighted by molar-refractivity contribution is 6.76. The molecule has 0 unspecified atom stereocenters. The zero-order chi connectivity index (χ0) is 24.4. The summed E-state index contributed by atoms with van der Waals surface area (Å²) in [5.41, 5.74) is 12.2. The van der Waals surface area contributed by atoms with Gasteiger partial charge in [-0.25, -0.2) is 9.78 Å². The monoisotopic (exact) mass is 480 g/mol. The van der Waals surface area contributed by atoms with E-state index in [1.165, 1.54) is 0 Å². The van der Waals surface area contributed by atoms with Gasteiger partial charge in [-0.15, -0.1) is 0 Å². The van der Waals surface area contributed by atoms with Gasteiger partial charge in [0.1, 0.15) is 19.2 Å². The van der Waals surface area contributed by atoms with Gasteiger partial charge in [0.15, 0.2) is 0 Å². The summed E-state index contributed by atoms with van der Waals surface area (Å²) in [5, 5.41) is 6.40. The Morgan fingerprint density at radius 2 is 1.97 bits per heavy atom. The van der Waals surface area contributed by atoms with Gasteiger partial charge in [-0.2, -0.15) is 0 Å². The first-order valence-electron chi connectivity index (χ1n) is 11.4. The van der Waals surface area contributed by atoms with Crippen LogP contribution in [0.3, 0.4) is 0 Å². The Hall–Kier alpha value is -3.33. The van der Waals surface area contributed by atoms with Gasteiger partial charge in [-0.1, -0.05) is 61.2 Å². The van der Waals surface area contributed by atoms with Crippen molar-refractivity contribution >= 4 is 25.2 Å². The Balaban J connectivity index is 1.69. The molecule has 0 aliphatic rings. The van der Waals surface area contributed by atoms with Gasteiger partial charge in [-0.3, -0.25) is 0 Å². The molecule has 0 saturated carbocycles. The van der Waals surface area contributed by atoms with E-state index in [9.17, 15) is 4.79 Å². The topological polar surface area (TPSA) is 114 Å². The second-order valence-corrected chi connectivity index (χ2v) is 14.9. The maximum absolute atomic E-state index is 12.3. The predicted molar refractivity (Wildman–Crippen MR) is 135 cm³/mol. The zero-order valence-corrected chi connectivity index (χ0v) is 21.0. The first-order chi connectivity index (χ1) is 16.4. The maximum atomic E-state index is 12.3. The number of nitrogens with one attached hydrogen (secondary N) is 1. The number of carbonyl (C=O) groups is 1. The molecule has 1 N–H and O–H groups in total. The van der Waals surface area contributed by atoms with Gasteiger partial charge >= 0.3 is 6.09 Å². The number of azide groups is 1. The second-order valence-electron chi connectivity index (χ2n) is 9.25. The molecule has 0 aliphatic carbocycles. The molecular weight excluding hydrogens is 448 g/mol. The minimum absolute atomic E-state index is 0.206. The van der Waals surface area contributed by atoms with E-state index in [1.54, 1.807) is 0 Å². The number of amides is 1. The van der Waals surface area contributed by atoms with Crippen LogP contribution in [0.5, 0.6) is 0 Å². The van der Waals surface area contributed by atoms with Crippen molar-refractivity contribution in [1.82, 2.24) is 14.9 Å². The molecule has 0 saturated heterocycles. The van der Waals surface area contributed by atoms with E-state index < -0.39 is 14.2 Å². The third-order valence-electron chi connectivity index (χ3n) is 5.28. The second kappa shape index (κ2) is 12.2. The highest BCUT2D eigenvalue weighted by Crippen LogP contribution is 2.19. The van der Waals surface area contributed by atoms with E-state index in [0.29, 0.717) is 32.1 Å². The molecule has 0 aliphatic heterocycles. The Morgan fingerprint density at radius 1 is 1.18 bits per heavy atom. The molecule has 3 aromatic rings. The summed E-state index contributed by atoms with van der Waals surface area (Å²) in [5.74, 6) is 0.687. The fourth-order valence-electron chi connectivity index (χ4n) is 3.34. The van der Waals surface area contributed by atoms with E-state index in [2.05, 4.69) is 35.0 Å². The molecule has 0 fully saturated rings. The quantitative estimate of drug-likeness (QED) is 0.119. The van der Waals surface area contributed by atoms with E-state index in [4.69, 9.17) is 20.0 Å². The van der Waals surface area contributed by atoms with Gasteiger partial charge in [0.05, 0.1) is 17.6 Å². The average molecular weight is 481 g/mol. The minimum atomic E-state index is -1.20. The minimum Gasteiger partial charge on any atom is -0.445 e. The third kappa shape index (κ3) is 7.91. The molecule has 2 aromatic carbocycles. The van der Waals surface area contributed by atoms with Gasteiger partial charge < -0.3 is 19.4 Å². The number of imidazole rings is 1. The van der Waals surface area contributed by atoms with E-state index in [0.717, 1.165) is 28.2 Å². The summed E-state index contributed by atoms with van der Waals surface area (Å²) < 4.78 is 13.3. The summed E-state index contributed by atoms with van der Waals surface area (Å²) in [4.78, 5) is 19.8. The lowest BCUT2D eigenvalue weighted by molar-refractivity contribution is 0.0873. The largest absolute Gasteiger partial charge is 0.445 e. The van der Waals surface area contributed by atoms with Crippen molar-refractivity contribution in [2.75, 3.05) is 13.2 Å². The molecular formula is C24H32N6O3Si. The van der Waals surface area contributed by atoms with Crippen molar-refractivity contribution in [3.8, 4) is 0 Å². The summed E-state index contributed by atoms with van der Waals surface area (Å²) in [7, 11) is -1.20. The molecule has 34 heavy (non-hydrogen) atoms. The molecule has 180 valence electrons. The number of ether oxygens (including phenoxy) is 2. The van der Waals surface area contributed by atoms with Crippen molar-refractivity contribution in [2.24, 2.45) is 5.11 Å². The highest BCUT2D eigenvalue weighted by atomic mass is 28.3. The van der Waals surface area contributed by atoms with E-state index in [1.807, 2.05) is 53.1 Å². The molecule has 1 amide bonds. The highest BCUT2D eigenvalue weighted by Gasteiger charge is 2.15. The molecule has 9 nitrogen and oxygen atoms in total. The number of fused-ring (bicyclic) bond motifs is 1. The Bertz CT molecular complexity index is 1140. The number of carbonyl (C=O) groups excluding carboxylic acids is 1. The summed E-state index contributed by atoms with van der Waals surface area (Å²) in [6.07, 6.45) is 0.135. The smallest absolute Gasteiger partial charge is 0.407 e. The van der Waals surface area contributed by atoms with E-state index in [-0.39, 0.29) is 13.2 Å². The fourth-order valence-corrected chi connectivity index (χ4v) is 4.10. The van der Waals surface area contributed by atoms with Gasteiger partial charge in [-0.05, 0) is 41.3 Å². The van der Waals surface area contributed by atoms with Crippen molar-refractivity contribution in [1.29, 1.82) is 0 Å². The lowest BCUT2D eigenvalue weighted by Crippen LogP contribution is -2.26. The summed E-state index contributed by atoms with van der Waals surface area (Å²) in [6, 6.07) is 16.6. The van der Waals surface area contributed by atoms with E-state index >= 15 is 0 Å². The summed E-state index contributed by atoms with van der Waals surface area (Å²) >= 11 is 0. The van der Waals surface area contributed by atoms with Crippen LogP contribution in [0.25, 0.3) is 21.5 Å². The zero-order valence-electron chi connectivity index (χ0n) is 20.0. The molecule has 0 atom stereocenters. The molecule has 0 radical (unpaired) electrons. The van der Waals surface area contributed by atoms with Crippen molar-refractivity contribution in [3.05, 3.63) is 75.9 Å². The van der Waals surface area contributed by atoms with Crippen molar-refractivity contribution < 1.29 is 14.3 Å². The lowest BCUT2D eigenvalue weighted by atomic mass is 10.1. The molecule has 0 bridgehead atoms. The van der Waals surface area contributed by atoms with Crippen LogP contribution in [0, 0.1) is 0 Å². The van der Waals surface area contributed by atoms with Crippen LogP contribution in [0.1, 0.15) is 17.0 Å². The molecule has 1 aromatic heterocycles. The number of benzene rings is 2. The normalized spacial score (nSPS) is 11.3. The molecule has 10 heteroatoms. The molecule has 1 heterocycles. The number of aromatic nitrogens is 2. The van der Waals surface area contributed by atoms with Crippen LogP contribution < -0.4 is 5.32 Å². The lowest BCUT2D eigenvalue weighted by Gasteiger charge is -2.16. The standard InChI is InChI=1S/C24H32N6O3Si/c1-34(2,3)14-13-32-18-30-22-10-9-19(11-12-27-29-25)15-21(22)28-23(30)16-26-24(31)33-17-20-7-5-4-6-8-20/h4-10,15H,11-14,16-18H2,1-3H3,(H,26,31). The molecule has 3 rings (SSSR count). The summed E-state index contributed by atoms with van der Waals surface area (Å²) in [6.45, 7) is 8.81. The SMILES string of the molecule is C[Si](C)(C)CCOCn1c(CNC(=O)OCc2ccccc2)nc2cc(CCN=[N+]=[N-])ccc21. The Morgan fingerprint density at radius 3 is 2.71 bits per heavy atom.